The van der Waals surface area contributed by atoms with Crippen molar-refractivity contribution in [3.8, 4) is 0 Å². The summed E-state index contributed by atoms with van der Waals surface area (Å²) in [5.41, 5.74) is 1.68. The van der Waals surface area contributed by atoms with E-state index in [0.717, 1.165) is 37.2 Å². The molecule has 5 heteroatoms. The number of carbonyl (C=O) groups is 1. The van der Waals surface area contributed by atoms with Gasteiger partial charge in [-0.05, 0) is 62.5 Å². The first-order valence-corrected chi connectivity index (χ1v) is 8.02. The molecule has 21 heavy (non-hydrogen) atoms. The summed E-state index contributed by atoms with van der Waals surface area (Å²) in [6.45, 7) is 1.72. The minimum absolute atomic E-state index is 0.140. The molecule has 1 saturated heterocycles. The van der Waals surface area contributed by atoms with E-state index in [1.54, 1.807) is 0 Å². The Kier molecular flexibility index (Phi) is 3.03. The smallest absolute Gasteiger partial charge is 0.238 e. The molecule has 1 aromatic rings. The fraction of sp³-hybridized carbons (Fsp3) is 0.562. The van der Waals surface area contributed by atoms with Gasteiger partial charge in [0.05, 0.1) is 11.5 Å². The molecule has 1 saturated carbocycles. The molecular weight excluding hydrogens is 288 g/mol. The van der Waals surface area contributed by atoms with Crippen molar-refractivity contribution in [2.75, 3.05) is 18.0 Å². The highest BCUT2D eigenvalue weighted by Gasteiger charge is 2.54. The Morgan fingerprint density at radius 3 is 2.67 bits per heavy atom. The van der Waals surface area contributed by atoms with Crippen LogP contribution in [0.15, 0.2) is 18.2 Å². The van der Waals surface area contributed by atoms with Crippen LogP contribution in [0.3, 0.4) is 0 Å². The van der Waals surface area contributed by atoms with Crippen LogP contribution in [0.2, 0.25) is 5.02 Å². The summed E-state index contributed by atoms with van der Waals surface area (Å²) in [5.74, 6) is 0.207. The molecule has 1 aliphatic carbocycles. The number of hydrogen-bond acceptors (Lipinski definition) is 3. The lowest BCUT2D eigenvalue weighted by molar-refractivity contribution is -0.125. The van der Waals surface area contributed by atoms with Crippen LogP contribution in [0, 0.1) is 0 Å². The summed E-state index contributed by atoms with van der Waals surface area (Å²) >= 11 is 6.19. The van der Waals surface area contributed by atoms with Gasteiger partial charge in [0.2, 0.25) is 5.91 Å². The van der Waals surface area contributed by atoms with Crippen molar-refractivity contribution < 1.29 is 9.90 Å². The number of benzene rings is 1. The van der Waals surface area contributed by atoms with Gasteiger partial charge in [-0.25, -0.2) is 0 Å². The summed E-state index contributed by atoms with van der Waals surface area (Å²) < 4.78 is 0. The van der Waals surface area contributed by atoms with Crippen LogP contribution in [0.4, 0.5) is 5.69 Å². The molecule has 2 N–H and O–H groups in total. The van der Waals surface area contributed by atoms with E-state index < -0.39 is 5.41 Å². The molecule has 0 aromatic heterocycles. The van der Waals surface area contributed by atoms with Gasteiger partial charge >= 0.3 is 0 Å². The zero-order valence-corrected chi connectivity index (χ0v) is 12.6. The number of amides is 1. The fourth-order valence-electron chi connectivity index (χ4n) is 4.03. The van der Waals surface area contributed by atoms with Gasteiger partial charge in [-0.15, -0.1) is 0 Å². The Morgan fingerprint density at radius 1 is 1.29 bits per heavy atom. The molecule has 2 heterocycles. The van der Waals surface area contributed by atoms with E-state index in [1.165, 1.54) is 0 Å². The number of halogens is 1. The Balaban J connectivity index is 1.80. The number of fused-ring (bicyclic) bond motifs is 2. The highest BCUT2D eigenvalue weighted by Crippen LogP contribution is 2.50. The van der Waals surface area contributed by atoms with E-state index in [4.69, 9.17) is 11.6 Å². The van der Waals surface area contributed by atoms with Crippen LogP contribution in [0.5, 0.6) is 0 Å². The van der Waals surface area contributed by atoms with Crippen LogP contribution in [0.1, 0.15) is 31.2 Å². The number of aliphatic hydroxyl groups is 1. The molecule has 3 aliphatic rings. The molecule has 1 spiro atoms. The number of piperidine rings is 1. The Morgan fingerprint density at radius 2 is 2.00 bits per heavy atom. The normalized spacial score (nSPS) is 30.4. The van der Waals surface area contributed by atoms with Crippen LogP contribution >= 0.6 is 11.6 Å². The van der Waals surface area contributed by atoms with Crippen molar-refractivity contribution >= 4 is 23.2 Å². The maximum Gasteiger partial charge on any atom is 0.238 e. The van der Waals surface area contributed by atoms with Crippen LogP contribution in [0.25, 0.3) is 0 Å². The number of rotatable bonds is 1. The van der Waals surface area contributed by atoms with Crippen LogP contribution < -0.4 is 10.2 Å². The number of aliphatic hydroxyl groups excluding tert-OH is 1. The van der Waals surface area contributed by atoms with Gasteiger partial charge in [0.1, 0.15) is 0 Å². The largest absolute Gasteiger partial charge is 0.393 e. The molecule has 2 fully saturated rings. The van der Waals surface area contributed by atoms with Gasteiger partial charge < -0.3 is 15.3 Å². The van der Waals surface area contributed by atoms with E-state index in [0.29, 0.717) is 17.9 Å². The molecule has 4 nitrogen and oxygen atoms in total. The summed E-state index contributed by atoms with van der Waals surface area (Å²) in [6, 6.07) is 5.93. The lowest BCUT2D eigenvalue weighted by atomic mass is 9.74. The predicted octanol–water partition coefficient (Wildman–Crippen LogP) is 1.83. The minimum Gasteiger partial charge on any atom is -0.393 e. The molecule has 2 aliphatic heterocycles. The SMILES string of the molecule is O=C1N(C2CC(O)C2)c2ccc(Cl)cc2C12CCNCC2. The molecule has 0 radical (unpaired) electrons. The highest BCUT2D eigenvalue weighted by atomic mass is 35.5. The number of nitrogens with one attached hydrogen (secondary N) is 1. The van der Waals surface area contributed by atoms with Crippen molar-refractivity contribution in [2.45, 2.75) is 43.2 Å². The van der Waals surface area contributed by atoms with Crippen molar-refractivity contribution in [1.29, 1.82) is 0 Å². The third-order valence-corrected chi connectivity index (χ3v) is 5.51. The number of nitrogens with zero attached hydrogens (tertiary/aromatic N) is 1. The summed E-state index contributed by atoms with van der Waals surface area (Å²) in [5, 5.41) is 13.6. The van der Waals surface area contributed by atoms with Crippen LogP contribution in [-0.4, -0.2) is 36.2 Å². The van der Waals surface area contributed by atoms with Crippen molar-refractivity contribution in [1.82, 2.24) is 5.32 Å². The molecule has 4 rings (SSSR count). The maximum absolute atomic E-state index is 13.2. The van der Waals surface area contributed by atoms with Crippen LogP contribution in [-0.2, 0) is 10.2 Å². The van der Waals surface area contributed by atoms with Crippen molar-refractivity contribution in [3.05, 3.63) is 28.8 Å². The average molecular weight is 307 g/mol. The number of carbonyl (C=O) groups excluding carboxylic acids is 1. The second-order valence-electron chi connectivity index (χ2n) is 6.45. The summed E-state index contributed by atoms with van der Waals surface area (Å²) in [7, 11) is 0. The van der Waals surface area contributed by atoms with Gasteiger partial charge in [0, 0.05) is 16.8 Å². The zero-order valence-electron chi connectivity index (χ0n) is 11.8. The third-order valence-electron chi connectivity index (χ3n) is 5.27. The van der Waals surface area contributed by atoms with Gasteiger partial charge in [-0.3, -0.25) is 4.79 Å². The average Bonchev–Trinajstić information content (AvgIpc) is 2.67. The maximum atomic E-state index is 13.2. The van der Waals surface area contributed by atoms with E-state index in [-0.39, 0.29) is 18.1 Å². The second kappa shape index (κ2) is 4.70. The topological polar surface area (TPSA) is 52.6 Å². The third kappa shape index (κ3) is 1.86. The lowest BCUT2D eigenvalue weighted by Gasteiger charge is -2.40. The zero-order chi connectivity index (χ0) is 14.6. The monoisotopic (exact) mass is 306 g/mol. The van der Waals surface area contributed by atoms with E-state index in [9.17, 15) is 9.90 Å². The summed E-state index contributed by atoms with van der Waals surface area (Å²) in [6.07, 6.45) is 2.75. The van der Waals surface area contributed by atoms with Crippen molar-refractivity contribution in [3.63, 3.8) is 0 Å². The van der Waals surface area contributed by atoms with E-state index in [2.05, 4.69) is 5.32 Å². The minimum atomic E-state index is -0.411. The van der Waals surface area contributed by atoms with Gasteiger partial charge in [0.25, 0.3) is 0 Å². The molecule has 112 valence electrons. The van der Waals surface area contributed by atoms with Gasteiger partial charge in [0.15, 0.2) is 0 Å². The second-order valence-corrected chi connectivity index (χ2v) is 6.88. The van der Waals surface area contributed by atoms with E-state index in [1.807, 2.05) is 23.1 Å². The number of hydrogen-bond donors (Lipinski definition) is 2. The van der Waals surface area contributed by atoms with Crippen molar-refractivity contribution in [2.24, 2.45) is 0 Å². The predicted molar refractivity (Wildman–Crippen MR) is 81.7 cm³/mol. The highest BCUT2D eigenvalue weighted by molar-refractivity contribution is 6.31. The fourth-order valence-corrected chi connectivity index (χ4v) is 4.20. The summed E-state index contributed by atoms with van der Waals surface area (Å²) in [4.78, 5) is 15.1. The quantitative estimate of drug-likeness (QED) is 0.832. The molecule has 0 unspecified atom stereocenters. The van der Waals surface area contributed by atoms with Gasteiger partial charge in [-0.1, -0.05) is 11.6 Å². The molecule has 0 bridgehead atoms. The Bertz CT molecular complexity index is 592. The molecular formula is C16H19ClN2O2. The molecule has 0 atom stereocenters. The Labute approximate surface area is 129 Å². The standard InChI is InChI=1S/C16H19ClN2O2/c17-10-1-2-14-13(7-10)16(3-5-18-6-4-16)15(21)19(14)11-8-12(20)9-11/h1-2,7,11-12,18,20H,3-6,8-9H2. The van der Waals surface area contributed by atoms with Gasteiger partial charge in [-0.2, -0.15) is 0 Å². The first kappa shape index (κ1) is 13.6. The Hall–Kier alpha value is -1.10. The number of anilines is 1. The van der Waals surface area contributed by atoms with E-state index >= 15 is 0 Å². The first-order valence-electron chi connectivity index (χ1n) is 7.64. The lowest BCUT2D eigenvalue weighted by Crippen LogP contribution is -2.54. The molecule has 1 amide bonds. The first-order chi connectivity index (χ1) is 10.1. The molecule has 1 aromatic carbocycles.